The molecule has 1 aliphatic rings. The molecule has 0 spiro atoms. The second-order valence-corrected chi connectivity index (χ2v) is 7.75. The van der Waals surface area contributed by atoms with E-state index in [9.17, 15) is 29.9 Å². The largest absolute Gasteiger partial charge is 0.454 e. The molecule has 0 aliphatic carbocycles. The van der Waals surface area contributed by atoms with Crippen LogP contribution in [0.25, 0.3) is 10.9 Å². The van der Waals surface area contributed by atoms with Gasteiger partial charge in [0, 0.05) is 17.1 Å². The van der Waals surface area contributed by atoms with Crippen molar-refractivity contribution in [3.8, 4) is 5.75 Å². The summed E-state index contributed by atoms with van der Waals surface area (Å²) in [4.78, 5) is 3.08. The SMILES string of the molecule is Cc1ccc(Cc2c[nH]c3cccc(O[C@]4(O)C(O)O[C@H](CO)[C@@H](O)[C@@H]4O)c23)cc1F. The summed E-state index contributed by atoms with van der Waals surface area (Å²) in [5, 5.41) is 51.3. The summed E-state index contributed by atoms with van der Waals surface area (Å²) < 4.78 is 24.6. The molecule has 0 bridgehead atoms. The van der Waals surface area contributed by atoms with Crippen molar-refractivity contribution >= 4 is 10.9 Å². The van der Waals surface area contributed by atoms with Crippen LogP contribution in [0.5, 0.6) is 5.75 Å². The van der Waals surface area contributed by atoms with E-state index < -0.39 is 37.0 Å². The minimum absolute atomic E-state index is 0.111. The first-order chi connectivity index (χ1) is 14.7. The van der Waals surface area contributed by atoms with Gasteiger partial charge < -0.3 is 40.0 Å². The minimum atomic E-state index is -2.69. The molecule has 1 fully saturated rings. The molecule has 1 aromatic heterocycles. The Morgan fingerprint density at radius 2 is 1.97 bits per heavy atom. The Balaban J connectivity index is 1.70. The number of aliphatic hydroxyl groups is 5. The maximum Gasteiger partial charge on any atom is 0.288 e. The predicted molar refractivity (Wildman–Crippen MR) is 108 cm³/mol. The molecular formula is C22H24FNO7. The third-order valence-corrected chi connectivity index (χ3v) is 5.62. The van der Waals surface area contributed by atoms with E-state index in [0.717, 1.165) is 11.1 Å². The minimum Gasteiger partial charge on any atom is -0.454 e. The number of hydrogen-bond donors (Lipinski definition) is 6. The van der Waals surface area contributed by atoms with E-state index in [4.69, 9.17) is 9.47 Å². The van der Waals surface area contributed by atoms with E-state index in [0.29, 0.717) is 22.9 Å². The summed E-state index contributed by atoms with van der Waals surface area (Å²) in [6, 6.07) is 9.87. The van der Waals surface area contributed by atoms with Crippen LogP contribution in [0, 0.1) is 12.7 Å². The Labute approximate surface area is 177 Å². The lowest BCUT2D eigenvalue weighted by Gasteiger charge is -2.45. The normalized spacial score (nSPS) is 28.7. The highest BCUT2D eigenvalue weighted by Crippen LogP contribution is 2.36. The number of aromatic amines is 1. The van der Waals surface area contributed by atoms with Crippen molar-refractivity contribution in [1.82, 2.24) is 4.98 Å². The van der Waals surface area contributed by atoms with E-state index in [1.54, 1.807) is 31.3 Å². The van der Waals surface area contributed by atoms with Gasteiger partial charge in [0.05, 0.1) is 6.61 Å². The van der Waals surface area contributed by atoms with Gasteiger partial charge in [0.2, 0.25) is 6.29 Å². The van der Waals surface area contributed by atoms with Crippen molar-refractivity contribution in [2.75, 3.05) is 6.61 Å². The zero-order valence-electron chi connectivity index (χ0n) is 16.7. The Morgan fingerprint density at radius 3 is 2.68 bits per heavy atom. The Kier molecular flexibility index (Phi) is 5.73. The fraction of sp³-hybridized carbons (Fsp3) is 0.364. The van der Waals surface area contributed by atoms with Gasteiger partial charge in [-0.25, -0.2) is 4.39 Å². The maximum atomic E-state index is 14.0. The number of ether oxygens (including phenoxy) is 2. The molecule has 2 aromatic carbocycles. The first-order valence-electron chi connectivity index (χ1n) is 9.80. The summed E-state index contributed by atoms with van der Waals surface area (Å²) in [5.41, 5.74) is 2.64. The Bertz CT molecular complexity index is 1090. The fourth-order valence-electron chi connectivity index (χ4n) is 3.79. The molecule has 8 nitrogen and oxygen atoms in total. The lowest BCUT2D eigenvalue weighted by Crippen LogP contribution is -2.69. The number of aliphatic hydroxyl groups excluding tert-OH is 4. The topological polar surface area (TPSA) is 135 Å². The third kappa shape index (κ3) is 3.80. The van der Waals surface area contributed by atoms with Crippen LogP contribution in [0.2, 0.25) is 0 Å². The number of aryl methyl sites for hydroxylation is 1. The van der Waals surface area contributed by atoms with Gasteiger partial charge in [0.25, 0.3) is 5.79 Å². The molecule has 5 atom stereocenters. The number of nitrogens with one attached hydrogen (secondary N) is 1. The van der Waals surface area contributed by atoms with Gasteiger partial charge in [0.15, 0.2) is 6.10 Å². The van der Waals surface area contributed by atoms with E-state index >= 15 is 0 Å². The third-order valence-electron chi connectivity index (χ3n) is 5.62. The predicted octanol–water partition coefficient (Wildman–Crippen LogP) is 0.705. The number of benzene rings is 2. The van der Waals surface area contributed by atoms with Crippen LogP contribution in [0.4, 0.5) is 4.39 Å². The molecule has 31 heavy (non-hydrogen) atoms. The van der Waals surface area contributed by atoms with Gasteiger partial charge in [-0.3, -0.25) is 0 Å². The molecule has 6 N–H and O–H groups in total. The van der Waals surface area contributed by atoms with Crippen molar-refractivity contribution in [3.63, 3.8) is 0 Å². The summed E-state index contributed by atoms with van der Waals surface area (Å²) in [6.07, 6.45) is -4.90. The molecule has 166 valence electrons. The first kappa shape index (κ1) is 21.7. The molecule has 3 aromatic rings. The molecule has 4 rings (SSSR count). The quantitative estimate of drug-likeness (QED) is 0.326. The van der Waals surface area contributed by atoms with Crippen molar-refractivity contribution in [3.05, 3.63) is 65.1 Å². The average molecular weight is 433 g/mol. The van der Waals surface area contributed by atoms with Crippen molar-refractivity contribution in [2.24, 2.45) is 0 Å². The molecule has 0 amide bonds. The molecule has 9 heteroatoms. The lowest BCUT2D eigenvalue weighted by molar-refractivity contribution is -0.385. The molecule has 0 saturated carbocycles. The van der Waals surface area contributed by atoms with Crippen LogP contribution in [-0.4, -0.2) is 67.5 Å². The van der Waals surface area contributed by atoms with E-state index in [-0.39, 0.29) is 11.6 Å². The second-order valence-electron chi connectivity index (χ2n) is 7.75. The Hall–Kier alpha value is -2.53. The summed E-state index contributed by atoms with van der Waals surface area (Å²) >= 11 is 0. The summed E-state index contributed by atoms with van der Waals surface area (Å²) in [6.45, 7) is 1.01. The average Bonchev–Trinajstić information content (AvgIpc) is 3.16. The fourth-order valence-corrected chi connectivity index (χ4v) is 3.79. The van der Waals surface area contributed by atoms with E-state index in [2.05, 4.69) is 4.98 Å². The van der Waals surface area contributed by atoms with Crippen LogP contribution in [0.1, 0.15) is 16.7 Å². The van der Waals surface area contributed by atoms with Gasteiger partial charge in [0.1, 0.15) is 23.8 Å². The standard InChI is InChI=1S/C22H24FNO7/c1-11-5-6-12(8-14(11)23)7-13-9-24-15-3-2-4-16(18(13)15)31-22(29)20(27)19(26)17(10-25)30-21(22)28/h2-6,8-9,17,19-21,24-29H,7,10H2,1H3/t17-,19-,20+,21?,22+/m1/s1. The van der Waals surface area contributed by atoms with Crippen molar-refractivity contribution < 1.29 is 39.4 Å². The van der Waals surface area contributed by atoms with Crippen LogP contribution >= 0.6 is 0 Å². The number of aromatic nitrogens is 1. The first-order valence-corrected chi connectivity index (χ1v) is 9.80. The molecule has 0 radical (unpaired) electrons. The molecule has 1 aliphatic heterocycles. The van der Waals surface area contributed by atoms with Gasteiger partial charge >= 0.3 is 0 Å². The van der Waals surface area contributed by atoms with Gasteiger partial charge in [-0.15, -0.1) is 0 Å². The monoisotopic (exact) mass is 433 g/mol. The van der Waals surface area contributed by atoms with E-state index in [1.807, 2.05) is 6.07 Å². The summed E-state index contributed by atoms with van der Waals surface area (Å²) in [5.74, 6) is -2.90. The number of halogens is 1. The van der Waals surface area contributed by atoms with Crippen LogP contribution in [-0.2, 0) is 11.2 Å². The number of rotatable bonds is 5. The maximum absolute atomic E-state index is 14.0. The van der Waals surface area contributed by atoms with Gasteiger partial charge in [-0.1, -0.05) is 18.2 Å². The smallest absolute Gasteiger partial charge is 0.288 e. The van der Waals surface area contributed by atoms with Crippen LogP contribution in [0.15, 0.2) is 42.6 Å². The lowest BCUT2D eigenvalue weighted by atomic mass is 9.95. The van der Waals surface area contributed by atoms with Crippen molar-refractivity contribution in [1.29, 1.82) is 0 Å². The molecule has 2 heterocycles. The van der Waals surface area contributed by atoms with Crippen molar-refractivity contribution in [2.45, 2.75) is 43.7 Å². The highest BCUT2D eigenvalue weighted by Gasteiger charge is 2.57. The number of hydrogen-bond acceptors (Lipinski definition) is 7. The van der Waals surface area contributed by atoms with Crippen LogP contribution < -0.4 is 4.74 Å². The highest BCUT2D eigenvalue weighted by atomic mass is 19.1. The summed E-state index contributed by atoms with van der Waals surface area (Å²) in [7, 11) is 0. The molecule has 1 saturated heterocycles. The van der Waals surface area contributed by atoms with Crippen LogP contribution in [0.3, 0.4) is 0 Å². The molecular weight excluding hydrogens is 409 g/mol. The zero-order valence-corrected chi connectivity index (χ0v) is 16.7. The zero-order chi connectivity index (χ0) is 22.3. The number of fused-ring (bicyclic) bond motifs is 1. The molecule has 1 unspecified atom stereocenters. The Morgan fingerprint density at radius 1 is 1.19 bits per heavy atom. The van der Waals surface area contributed by atoms with Gasteiger partial charge in [-0.2, -0.15) is 0 Å². The van der Waals surface area contributed by atoms with Gasteiger partial charge in [-0.05, 0) is 48.2 Å². The number of H-pyrrole nitrogens is 1. The van der Waals surface area contributed by atoms with E-state index in [1.165, 1.54) is 12.1 Å². The second kappa shape index (κ2) is 8.19. The highest BCUT2D eigenvalue weighted by molar-refractivity contribution is 5.89.